The largest absolute Gasteiger partial charge is 0.464 e. The zero-order valence-corrected chi connectivity index (χ0v) is 17.4. The van der Waals surface area contributed by atoms with Crippen LogP contribution in [0.25, 0.3) is 0 Å². The molecule has 7 nitrogen and oxygen atoms in total. The molecule has 1 N–H and O–H groups in total. The van der Waals surface area contributed by atoms with Crippen LogP contribution >= 0.6 is 0 Å². The Bertz CT molecular complexity index is 708. The molecule has 0 fully saturated rings. The topological polar surface area (TPSA) is 107 Å². The number of ether oxygens (including phenoxy) is 2. The van der Waals surface area contributed by atoms with Crippen LogP contribution in [0.5, 0.6) is 0 Å². The quantitative estimate of drug-likeness (QED) is 0.237. The molecule has 0 aliphatic rings. The predicted octanol–water partition coefficient (Wildman–Crippen LogP) is 3.77. The highest BCUT2D eigenvalue weighted by Gasteiger charge is 2.73. The van der Waals surface area contributed by atoms with Crippen LogP contribution in [-0.4, -0.2) is 61.4 Å². The minimum atomic E-state index is -6.66. The SMILES string of the molecule is CCCCC(CC)COC(=O)C(CC(=O)OCC(F)(F)C(F)(F)C(F)(F)F)S(=O)(=O)O. The fraction of sp³-hybridized carbons (Fsp3) is 0.875. The number of carbonyl (C=O) groups is 2. The summed E-state index contributed by atoms with van der Waals surface area (Å²) in [6.07, 6.45) is -5.56. The van der Waals surface area contributed by atoms with Gasteiger partial charge in [0.2, 0.25) is 0 Å². The van der Waals surface area contributed by atoms with Crippen LogP contribution in [0, 0.1) is 5.92 Å². The van der Waals surface area contributed by atoms with Crippen LogP contribution in [0.1, 0.15) is 46.0 Å². The van der Waals surface area contributed by atoms with E-state index in [-0.39, 0.29) is 12.5 Å². The number of halogens is 7. The minimum absolute atomic E-state index is 0.179. The van der Waals surface area contributed by atoms with Gasteiger partial charge >= 0.3 is 30.0 Å². The van der Waals surface area contributed by atoms with Crippen molar-refractivity contribution in [3.05, 3.63) is 0 Å². The fourth-order valence-corrected chi connectivity index (χ4v) is 2.84. The number of carbonyl (C=O) groups excluding carboxylic acids is 2. The standard InChI is InChI=1S/C16H23F7O7S/c1-3-5-6-10(4-2)8-29-13(25)11(31(26,27)28)7-12(24)30-9-14(17,18)15(19,20)16(21,22)23/h10-11H,3-9H2,1-2H3,(H,26,27,28). The van der Waals surface area contributed by atoms with Gasteiger partial charge in [0.1, 0.15) is 0 Å². The van der Waals surface area contributed by atoms with E-state index in [1.807, 2.05) is 6.92 Å². The molecule has 2 atom stereocenters. The molecule has 15 heteroatoms. The lowest BCUT2D eigenvalue weighted by molar-refractivity contribution is -0.359. The van der Waals surface area contributed by atoms with Gasteiger partial charge in [-0.05, 0) is 12.3 Å². The van der Waals surface area contributed by atoms with Crippen molar-refractivity contribution in [2.75, 3.05) is 13.2 Å². The van der Waals surface area contributed by atoms with Gasteiger partial charge in [0.25, 0.3) is 10.1 Å². The zero-order chi connectivity index (χ0) is 24.7. The van der Waals surface area contributed by atoms with E-state index in [1.165, 1.54) is 0 Å². The van der Waals surface area contributed by atoms with E-state index in [0.717, 1.165) is 12.8 Å². The molecule has 0 rings (SSSR count). The second-order valence-electron chi connectivity index (χ2n) is 6.69. The molecule has 0 aromatic rings. The normalized spacial score (nSPS) is 15.3. The average molecular weight is 492 g/mol. The van der Waals surface area contributed by atoms with Gasteiger partial charge in [-0.25, -0.2) is 0 Å². The third-order valence-corrected chi connectivity index (χ3v) is 5.29. The smallest absolute Gasteiger partial charge is 0.460 e. The highest BCUT2D eigenvalue weighted by molar-refractivity contribution is 7.87. The monoisotopic (exact) mass is 492 g/mol. The van der Waals surface area contributed by atoms with Gasteiger partial charge in [-0.1, -0.05) is 33.1 Å². The Hall–Kier alpha value is -1.64. The van der Waals surface area contributed by atoms with Gasteiger partial charge in [0.05, 0.1) is 13.0 Å². The molecule has 0 bridgehead atoms. The van der Waals surface area contributed by atoms with Crippen LogP contribution in [0.3, 0.4) is 0 Å². The van der Waals surface area contributed by atoms with E-state index < -0.39 is 58.4 Å². The summed E-state index contributed by atoms with van der Waals surface area (Å²) in [4.78, 5) is 23.4. The number of hydrogen-bond acceptors (Lipinski definition) is 6. The summed E-state index contributed by atoms with van der Waals surface area (Å²) in [5.74, 6) is -16.3. The van der Waals surface area contributed by atoms with Gasteiger partial charge in [-0.15, -0.1) is 0 Å². The molecule has 0 aromatic carbocycles. The number of unbranched alkanes of at least 4 members (excludes halogenated alkanes) is 1. The first-order valence-electron chi connectivity index (χ1n) is 9.01. The summed E-state index contributed by atoms with van der Waals surface area (Å²) < 4.78 is 128. The first-order valence-corrected chi connectivity index (χ1v) is 10.5. The molecule has 0 radical (unpaired) electrons. The highest BCUT2D eigenvalue weighted by Crippen LogP contribution is 2.46. The third kappa shape index (κ3) is 8.79. The van der Waals surface area contributed by atoms with Crippen molar-refractivity contribution in [1.82, 2.24) is 0 Å². The van der Waals surface area contributed by atoms with Crippen LogP contribution in [0.15, 0.2) is 0 Å². The number of alkyl halides is 7. The van der Waals surface area contributed by atoms with Crippen LogP contribution < -0.4 is 0 Å². The summed E-state index contributed by atoms with van der Waals surface area (Å²) in [6.45, 7) is 0.613. The first-order chi connectivity index (χ1) is 13.9. The molecule has 0 saturated heterocycles. The third-order valence-electron chi connectivity index (χ3n) is 4.21. The van der Waals surface area contributed by atoms with Crippen LogP contribution in [0.4, 0.5) is 30.7 Å². The second kappa shape index (κ2) is 11.3. The second-order valence-corrected chi connectivity index (χ2v) is 8.29. The Morgan fingerprint density at radius 2 is 1.55 bits per heavy atom. The molecule has 0 heterocycles. The Morgan fingerprint density at radius 3 is 1.97 bits per heavy atom. The predicted molar refractivity (Wildman–Crippen MR) is 91.1 cm³/mol. The van der Waals surface area contributed by atoms with Crippen molar-refractivity contribution >= 4 is 22.1 Å². The summed E-state index contributed by atoms with van der Waals surface area (Å²) in [5.41, 5.74) is 0. The molecule has 2 unspecified atom stereocenters. The Morgan fingerprint density at radius 1 is 1.00 bits per heavy atom. The first kappa shape index (κ1) is 29.4. The number of esters is 2. The number of hydrogen-bond donors (Lipinski definition) is 1. The Kier molecular flexibility index (Phi) is 10.7. The molecular formula is C16H23F7O7S. The minimum Gasteiger partial charge on any atom is -0.464 e. The van der Waals surface area contributed by atoms with E-state index in [2.05, 4.69) is 4.74 Å². The molecule has 184 valence electrons. The molecule has 0 saturated carbocycles. The van der Waals surface area contributed by atoms with E-state index >= 15 is 0 Å². The number of rotatable bonds is 13. The Balaban J connectivity index is 5.11. The van der Waals surface area contributed by atoms with Crippen LogP contribution in [-0.2, 0) is 29.2 Å². The van der Waals surface area contributed by atoms with Crippen molar-refractivity contribution in [3.8, 4) is 0 Å². The van der Waals surface area contributed by atoms with Crippen molar-refractivity contribution in [3.63, 3.8) is 0 Å². The van der Waals surface area contributed by atoms with Gasteiger partial charge in [-0.2, -0.15) is 39.2 Å². The van der Waals surface area contributed by atoms with E-state index in [0.29, 0.717) is 12.8 Å². The summed E-state index contributed by atoms with van der Waals surface area (Å²) in [5, 5.41) is -2.64. The lowest BCUT2D eigenvalue weighted by atomic mass is 10.0. The van der Waals surface area contributed by atoms with Gasteiger partial charge in [0.15, 0.2) is 11.9 Å². The maximum atomic E-state index is 13.1. The van der Waals surface area contributed by atoms with Crippen molar-refractivity contribution < 1.29 is 62.8 Å². The zero-order valence-electron chi connectivity index (χ0n) is 16.6. The lowest BCUT2D eigenvalue weighted by Gasteiger charge is -2.27. The lowest BCUT2D eigenvalue weighted by Crippen LogP contribution is -2.54. The van der Waals surface area contributed by atoms with Gasteiger partial charge < -0.3 is 9.47 Å². The molecule has 0 aliphatic heterocycles. The van der Waals surface area contributed by atoms with Crippen molar-refractivity contribution in [1.29, 1.82) is 0 Å². The summed E-state index contributed by atoms with van der Waals surface area (Å²) in [7, 11) is -5.33. The molecular weight excluding hydrogens is 469 g/mol. The van der Waals surface area contributed by atoms with Crippen molar-refractivity contribution in [2.45, 2.75) is 69.2 Å². The summed E-state index contributed by atoms with van der Waals surface area (Å²) >= 11 is 0. The molecule has 0 amide bonds. The maximum Gasteiger partial charge on any atom is 0.460 e. The van der Waals surface area contributed by atoms with Gasteiger partial charge in [-0.3, -0.25) is 14.1 Å². The molecule has 31 heavy (non-hydrogen) atoms. The highest BCUT2D eigenvalue weighted by atomic mass is 32.2. The fourth-order valence-electron chi connectivity index (χ4n) is 2.18. The Labute approximate surface area is 174 Å². The van der Waals surface area contributed by atoms with Crippen LogP contribution in [0.2, 0.25) is 0 Å². The summed E-state index contributed by atoms with van der Waals surface area (Å²) in [6, 6.07) is 0. The van der Waals surface area contributed by atoms with E-state index in [9.17, 15) is 48.7 Å². The molecule has 0 aliphatic carbocycles. The van der Waals surface area contributed by atoms with Crippen molar-refractivity contribution in [2.24, 2.45) is 5.92 Å². The van der Waals surface area contributed by atoms with E-state index in [4.69, 9.17) is 9.29 Å². The van der Waals surface area contributed by atoms with E-state index in [1.54, 1.807) is 6.92 Å². The molecule has 0 aromatic heterocycles. The molecule has 0 spiro atoms. The average Bonchev–Trinajstić information content (AvgIpc) is 2.62. The van der Waals surface area contributed by atoms with Gasteiger partial charge in [0, 0.05) is 0 Å². The maximum absolute atomic E-state index is 13.1.